The van der Waals surface area contributed by atoms with Crippen molar-refractivity contribution in [1.29, 1.82) is 0 Å². The average molecular weight is 533 g/mol. The van der Waals surface area contributed by atoms with Crippen LogP contribution in [-0.2, 0) is 6.54 Å². The van der Waals surface area contributed by atoms with E-state index in [9.17, 15) is 9.59 Å². The zero-order valence-electron chi connectivity index (χ0n) is 16.5. The molecule has 1 heterocycles. The number of aromatic nitrogens is 2. The van der Waals surface area contributed by atoms with Crippen molar-refractivity contribution in [2.75, 3.05) is 0 Å². The van der Waals surface area contributed by atoms with Gasteiger partial charge in [-0.3, -0.25) is 14.3 Å². The highest BCUT2D eigenvalue weighted by Gasteiger charge is 2.23. The van der Waals surface area contributed by atoms with Gasteiger partial charge in [0.15, 0.2) is 0 Å². The van der Waals surface area contributed by atoms with E-state index in [0.29, 0.717) is 12.2 Å². The molecule has 0 spiro atoms. The Morgan fingerprint density at radius 1 is 1.00 bits per heavy atom. The Bertz CT molecular complexity index is 1100. The van der Waals surface area contributed by atoms with Gasteiger partial charge in [0.05, 0.1) is 12.2 Å². The molecule has 1 N–H and O–H groups in total. The van der Waals surface area contributed by atoms with Crippen LogP contribution in [0.15, 0.2) is 68.5 Å². The number of hydrogen-bond acceptors (Lipinski definition) is 2. The molecule has 2 aromatic carbocycles. The maximum Gasteiger partial charge on any atom is 0.284 e. The Morgan fingerprint density at radius 3 is 2.40 bits per heavy atom. The minimum Gasteiger partial charge on any atom is -0.349 e. The summed E-state index contributed by atoms with van der Waals surface area (Å²) in [5.74, 6) is -0.288. The first kappa shape index (κ1) is 21.1. The van der Waals surface area contributed by atoms with E-state index >= 15 is 0 Å². The largest absolute Gasteiger partial charge is 0.349 e. The fourth-order valence-corrected chi connectivity index (χ4v) is 4.60. The number of carbonyl (C=O) groups is 1. The number of rotatable bonds is 5. The Hall–Kier alpha value is -2.12. The lowest BCUT2D eigenvalue weighted by atomic mass is 9.95. The van der Waals surface area contributed by atoms with Crippen LogP contribution in [0, 0.1) is 0 Å². The van der Waals surface area contributed by atoms with Crippen LogP contribution in [0.2, 0.25) is 0 Å². The lowest BCUT2D eigenvalue weighted by Gasteiger charge is -2.22. The van der Waals surface area contributed by atoms with Crippen LogP contribution in [-0.4, -0.2) is 21.3 Å². The third-order valence-electron chi connectivity index (χ3n) is 5.50. The molecule has 1 aromatic heterocycles. The van der Waals surface area contributed by atoms with Gasteiger partial charge in [0.25, 0.3) is 11.5 Å². The summed E-state index contributed by atoms with van der Waals surface area (Å²) >= 11 is 7.02. The predicted molar refractivity (Wildman–Crippen MR) is 125 cm³/mol. The molecule has 3 aromatic rings. The molecule has 0 aliphatic heterocycles. The van der Waals surface area contributed by atoms with Crippen molar-refractivity contribution in [3.8, 4) is 5.69 Å². The van der Waals surface area contributed by atoms with Crippen molar-refractivity contribution in [3.63, 3.8) is 0 Å². The molecule has 1 saturated carbocycles. The molecule has 30 heavy (non-hydrogen) atoms. The van der Waals surface area contributed by atoms with Gasteiger partial charge in [-0.05, 0) is 48.7 Å². The summed E-state index contributed by atoms with van der Waals surface area (Å²) in [6, 6.07) is 15.5. The zero-order valence-corrected chi connectivity index (χ0v) is 19.7. The highest BCUT2D eigenvalue weighted by Crippen LogP contribution is 2.20. The van der Waals surface area contributed by atoms with Crippen LogP contribution in [0.5, 0.6) is 0 Å². The molecular weight excluding hydrogens is 510 g/mol. The van der Waals surface area contributed by atoms with Crippen molar-refractivity contribution in [1.82, 2.24) is 14.7 Å². The number of amides is 1. The molecule has 0 bridgehead atoms. The topological polar surface area (TPSA) is 56.0 Å². The van der Waals surface area contributed by atoms with Crippen molar-refractivity contribution < 1.29 is 4.79 Å². The van der Waals surface area contributed by atoms with Gasteiger partial charge in [0, 0.05) is 21.2 Å². The minimum atomic E-state index is -0.308. The third kappa shape index (κ3) is 4.62. The average Bonchev–Trinajstić information content (AvgIpc) is 3.07. The van der Waals surface area contributed by atoms with Crippen LogP contribution in [0.4, 0.5) is 0 Å². The van der Waals surface area contributed by atoms with E-state index in [4.69, 9.17) is 0 Å². The fourth-order valence-electron chi connectivity index (χ4n) is 3.92. The third-order valence-corrected chi connectivity index (χ3v) is 6.81. The molecule has 4 rings (SSSR count). The van der Waals surface area contributed by atoms with Crippen molar-refractivity contribution in [2.24, 2.45) is 0 Å². The molecule has 1 fully saturated rings. The second-order valence-electron chi connectivity index (χ2n) is 7.63. The normalized spacial score (nSPS) is 14.6. The molecule has 0 radical (unpaired) electrons. The van der Waals surface area contributed by atoms with Gasteiger partial charge in [-0.25, -0.2) is 4.68 Å². The second kappa shape index (κ2) is 9.35. The molecule has 5 nitrogen and oxygen atoms in total. The quantitative estimate of drug-likeness (QED) is 0.486. The maximum absolute atomic E-state index is 13.3. The first-order chi connectivity index (χ1) is 14.5. The van der Waals surface area contributed by atoms with Crippen LogP contribution >= 0.6 is 31.9 Å². The van der Waals surface area contributed by atoms with Gasteiger partial charge in [-0.15, -0.1) is 0 Å². The predicted octanol–water partition coefficient (Wildman–Crippen LogP) is 5.27. The van der Waals surface area contributed by atoms with Crippen LogP contribution in [0.1, 0.15) is 48.0 Å². The van der Waals surface area contributed by atoms with Crippen LogP contribution < -0.4 is 10.9 Å². The first-order valence-corrected chi connectivity index (χ1v) is 11.7. The summed E-state index contributed by atoms with van der Waals surface area (Å²) in [6.45, 7) is 0.462. The van der Waals surface area contributed by atoms with E-state index in [2.05, 4.69) is 37.2 Å². The van der Waals surface area contributed by atoms with Gasteiger partial charge in [0.1, 0.15) is 5.56 Å². The summed E-state index contributed by atoms with van der Waals surface area (Å²) in [7, 11) is 0. The lowest BCUT2D eigenvalue weighted by Crippen LogP contribution is -2.38. The maximum atomic E-state index is 13.3. The standard InChI is InChI=1S/C23H23Br2N3O2/c24-17-10-12-19(13-11-17)28-23(30)20(22(29)26-18-7-2-1-3-8-18)15-27(28)14-16-6-4-5-9-21(16)25/h4-6,9-13,15,18H,1-3,7-8,14H2,(H,26,29). The number of nitrogens with zero attached hydrogens (tertiary/aromatic N) is 2. The Morgan fingerprint density at radius 2 is 1.70 bits per heavy atom. The molecule has 0 unspecified atom stereocenters. The van der Waals surface area contributed by atoms with Gasteiger partial charge in [0.2, 0.25) is 0 Å². The minimum absolute atomic E-state index is 0.151. The van der Waals surface area contributed by atoms with Crippen LogP contribution in [0.25, 0.3) is 5.69 Å². The van der Waals surface area contributed by atoms with E-state index in [1.165, 1.54) is 6.42 Å². The van der Waals surface area contributed by atoms with E-state index in [1.54, 1.807) is 15.6 Å². The summed E-state index contributed by atoms with van der Waals surface area (Å²) in [4.78, 5) is 26.2. The Labute approximate surface area is 192 Å². The fraction of sp³-hybridized carbons (Fsp3) is 0.304. The van der Waals surface area contributed by atoms with Gasteiger partial charge < -0.3 is 5.32 Å². The number of halogens is 2. The highest BCUT2D eigenvalue weighted by molar-refractivity contribution is 9.10. The summed E-state index contributed by atoms with van der Waals surface area (Å²) in [5, 5.41) is 3.07. The summed E-state index contributed by atoms with van der Waals surface area (Å²) < 4.78 is 5.27. The molecule has 0 atom stereocenters. The molecule has 1 aliphatic rings. The lowest BCUT2D eigenvalue weighted by molar-refractivity contribution is 0.0926. The summed E-state index contributed by atoms with van der Waals surface area (Å²) in [5.41, 5.74) is 1.61. The summed E-state index contributed by atoms with van der Waals surface area (Å²) in [6.07, 6.45) is 7.08. The Balaban J connectivity index is 1.72. The number of benzene rings is 2. The van der Waals surface area contributed by atoms with Crippen molar-refractivity contribution >= 4 is 37.8 Å². The molecule has 1 amide bonds. The van der Waals surface area contributed by atoms with E-state index in [-0.39, 0.29) is 23.1 Å². The monoisotopic (exact) mass is 531 g/mol. The molecule has 0 saturated heterocycles. The van der Waals surface area contributed by atoms with E-state index < -0.39 is 0 Å². The molecule has 1 aliphatic carbocycles. The highest BCUT2D eigenvalue weighted by atomic mass is 79.9. The van der Waals surface area contributed by atoms with Gasteiger partial charge >= 0.3 is 0 Å². The molecule has 7 heteroatoms. The van der Waals surface area contributed by atoms with Crippen LogP contribution in [0.3, 0.4) is 0 Å². The SMILES string of the molecule is O=C(NC1CCCCC1)c1cn(Cc2ccccc2Br)n(-c2ccc(Br)cc2)c1=O. The number of nitrogens with one attached hydrogen (secondary N) is 1. The van der Waals surface area contributed by atoms with Crippen molar-refractivity contribution in [2.45, 2.75) is 44.7 Å². The van der Waals surface area contributed by atoms with E-state index in [0.717, 1.165) is 40.2 Å². The first-order valence-electron chi connectivity index (χ1n) is 10.2. The van der Waals surface area contributed by atoms with Crippen molar-refractivity contribution in [3.05, 3.63) is 85.2 Å². The number of carbonyl (C=O) groups excluding carboxylic acids is 1. The smallest absolute Gasteiger partial charge is 0.284 e. The Kier molecular flexibility index (Phi) is 6.58. The molecule has 156 valence electrons. The van der Waals surface area contributed by atoms with E-state index in [1.807, 2.05) is 48.5 Å². The van der Waals surface area contributed by atoms with Gasteiger partial charge in [-0.2, -0.15) is 0 Å². The number of hydrogen-bond donors (Lipinski definition) is 1. The van der Waals surface area contributed by atoms with Gasteiger partial charge in [-0.1, -0.05) is 69.3 Å². The zero-order chi connectivity index (χ0) is 21.1. The second-order valence-corrected chi connectivity index (χ2v) is 9.40. The molecular formula is C23H23Br2N3O2.